The van der Waals surface area contributed by atoms with E-state index in [9.17, 15) is 24.0 Å². The van der Waals surface area contributed by atoms with Crippen molar-refractivity contribution >= 4 is 59.0 Å². The number of rotatable bonds is 13. The maximum Gasteiger partial charge on any atom is 0.376 e. The highest BCUT2D eigenvalue weighted by molar-refractivity contribution is 6.35. The van der Waals surface area contributed by atoms with Crippen LogP contribution in [0.5, 0.6) is 11.5 Å². The van der Waals surface area contributed by atoms with Gasteiger partial charge < -0.3 is 48.5 Å². The number of amidine groups is 1. The molecule has 6 rings (SSSR count). The summed E-state index contributed by atoms with van der Waals surface area (Å²) in [5.41, 5.74) is 0.965. The first-order chi connectivity index (χ1) is 25.4. The van der Waals surface area contributed by atoms with Gasteiger partial charge in [-0.25, -0.2) is 24.5 Å². The van der Waals surface area contributed by atoms with Crippen LogP contribution in [-0.4, -0.2) is 123 Å². The summed E-state index contributed by atoms with van der Waals surface area (Å²) in [5.74, 6) is -1.55. The molecule has 2 aromatic heterocycles. The van der Waals surface area contributed by atoms with Crippen molar-refractivity contribution in [2.45, 2.75) is 44.9 Å². The van der Waals surface area contributed by atoms with Crippen molar-refractivity contribution in [2.75, 3.05) is 51.1 Å². The van der Waals surface area contributed by atoms with Gasteiger partial charge in [-0.1, -0.05) is 0 Å². The third-order valence-corrected chi connectivity index (χ3v) is 8.67. The highest BCUT2D eigenvalue weighted by atomic mass is 16.6. The van der Waals surface area contributed by atoms with Crippen molar-refractivity contribution in [3.63, 3.8) is 0 Å². The highest BCUT2D eigenvalue weighted by Crippen LogP contribution is 2.38. The number of esters is 2. The lowest BCUT2D eigenvalue weighted by molar-refractivity contribution is -0.135. The molecular formula is C34H40N10O9. The maximum absolute atomic E-state index is 13.1. The van der Waals surface area contributed by atoms with Gasteiger partial charge in [0, 0.05) is 58.8 Å². The van der Waals surface area contributed by atoms with E-state index in [4.69, 9.17) is 18.9 Å². The standard InChI is InChI=1S/C34H40N10O9/c1-6-51-33(48)29-40-27(18-43(29)4)53-34(49)30-38-25(17-42(30)3)39-31(46)28-37-24(16-41(28)2)36-26(45)10-8-12-52-23-14-21-20(13-22(23)50-5)32(47)44-11-7-9-19(44)15-35-21/h13-17,19,27H,6-12,18H2,1-5H3,(H,36,45)(H,39,46)/t19-,27?/m0/s1. The number of fused-ring (bicyclic) bond motifs is 2. The Hall–Kier alpha value is -6.27. The number of hydrogen-bond donors (Lipinski definition) is 2. The molecule has 0 saturated carbocycles. The number of methoxy groups -OCH3 is 1. The zero-order valence-electron chi connectivity index (χ0n) is 30.0. The molecule has 280 valence electrons. The van der Waals surface area contributed by atoms with Crippen molar-refractivity contribution in [1.29, 1.82) is 0 Å². The second kappa shape index (κ2) is 15.5. The molecule has 1 aromatic carbocycles. The minimum Gasteiger partial charge on any atom is -0.493 e. The van der Waals surface area contributed by atoms with Crippen molar-refractivity contribution in [2.24, 2.45) is 24.1 Å². The third-order valence-electron chi connectivity index (χ3n) is 8.67. The van der Waals surface area contributed by atoms with E-state index in [2.05, 4.69) is 30.6 Å². The van der Waals surface area contributed by atoms with Crippen LogP contribution >= 0.6 is 0 Å². The number of hydrogen-bond acceptors (Lipinski definition) is 14. The van der Waals surface area contributed by atoms with Gasteiger partial charge in [-0.2, -0.15) is 0 Å². The number of aliphatic imine (C=N–C) groups is 2. The van der Waals surface area contributed by atoms with Crippen molar-refractivity contribution in [1.82, 2.24) is 28.9 Å². The average Bonchev–Trinajstić information content (AvgIpc) is 3.90. The third kappa shape index (κ3) is 7.97. The smallest absolute Gasteiger partial charge is 0.376 e. The zero-order valence-corrected chi connectivity index (χ0v) is 30.0. The first-order valence-corrected chi connectivity index (χ1v) is 17.0. The van der Waals surface area contributed by atoms with Crippen LogP contribution in [0.3, 0.4) is 0 Å². The topological polar surface area (TPSA) is 213 Å². The Morgan fingerprint density at radius 2 is 1.70 bits per heavy atom. The molecule has 2 N–H and O–H groups in total. The van der Waals surface area contributed by atoms with Gasteiger partial charge in [0.05, 0.1) is 44.2 Å². The largest absolute Gasteiger partial charge is 0.493 e. The van der Waals surface area contributed by atoms with E-state index in [1.165, 1.54) is 33.5 Å². The van der Waals surface area contributed by atoms with Gasteiger partial charge in [0.1, 0.15) is 0 Å². The van der Waals surface area contributed by atoms with Crippen molar-refractivity contribution in [3.8, 4) is 11.5 Å². The van der Waals surface area contributed by atoms with Crippen LogP contribution in [0.4, 0.5) is 17.3 Å². The number of aromatic nitrogens is 4. The summed E-state index contributed by atoms with van der Waals surface area (Å²) in [6, 6.07) is 3.30. The number of imidazole rings is 2. The lowest BCUT2D eigenvalue weighted by atomic mass is 10.1. The molecule has 3 aliphatic rings. The summed E-state index contributed by atoms with van der Waals surface area (Å²) in [6.45, 7) is 2.88. The van der Waals surface area contributed by atoms with Crippen molar-refractivity contribution < 1.29 is 42.9 Å². The van der Waals surface area contributed by atoms with Crippen molar-refractivity contribution in [3.05, 3.63) is 41.7 Å². The molecule has 5 heterocycles. The van der Waals surface area contributed by atoms with E-state index in [0.717, 1.165) is 12.8 Å². The molecule has 19 heteroatoms. The van der Waals surface area contributed by atoms with E-state index < -0.39 is 24.1 Å². The molecule has 3 aliphatic heterocycles. The Labute approximate surface area is 304 Å². The molecule has 0 radical (unpaired) electrons. The Balaban J connectivity index is 0.991. The molecule has 3 amide bonds. The fourth-order valence-electron chi connectivity index (χ4n) is 6.11. The van der Waals surface area contributed by atoms with E-state index in [-0.39, 0.29) is 73.2 Å². The Kier molecular flexibility index (Phi) is 10.7. The average molecular weight is 733 g/mol. The molecule has 0 bridgehead atoms. The summed E-state index contributed by atoms with van der Waals surface area (Å²) < 4.78 is 24.6. The maximum atomic E-state index is 13.1. The van der Waals surface area contributed by atoms with Gasteiger partial charge in [-0.05, 0) is 32.3 Å². The number of ether oxygens (including phenoxy) is 4. The quantitative estimate of drug-likeness (QED) is 0.191. The van der Waals surface area contributed by atoms with Gasteiger partial charge in [-0.3, -0.25) is 19.4 Å². The molecular weight excluding hydrogens is 692 g/mol. The minimum absolute atomic E-state index is 0.0163. The first-order valence-electron chi connectivity index (χ1n) is 17.0. The number of amides is 3. The summed E-state index contributed by atoms with van der Waals surface area (Å²) in [6.07, 6.45) is 6.03. The highest BCUT2D eigenvalue weighted by Gasteiger charge is 2.33. The fourth-order valence-corrected chi connectivity index (χ4v) is 6.11. The Morgan fingerprint density at radius 3 is 2.45 bits per heavy atom. The molecule has 1 saturated heterocycles. The van der Waals surface area contributed by atoms with Crippen LogP contribution in [0.15, 0.2) is 34.5 Å². The number of carbonyl (C=O) groups is 5. The molecule has 0 aliphatic carbocycles. The number of benzene rings is 1. The zero-order chi connectivity index (χ0) is 37.8. The van der Waals surface area contributed by atoms with E-state index in [1.807, 2.05) is 4.90 Å². The monoisotopic (exact) mass is 732 g/mol. The predicted molar refractivity (Wildman–Crippen MR) is 189 cm³/mol. The van der Waals surface area contributed by atoms with Gasteiger partial charge >= 0.3 is 11.9 Å². The molecule has 2 atom stereocenters. The molecule has 1 unspecified atom stereocenters. The molecule has 19 nitrogen and oxygen atoms in total. The molecule has 0 spiro atoms. The molecule has 3 aromatic rings. The van der Waals surface area contributed by atoms with Gasteiger partial charge in [0.25, 0.3) is 11.8 Å². The SMILES string of the molecule is CCOC(=O)C1=NC(OC(=O)c2nc(NC(=O)c3nc(NC(=O)CCCOc4cc5c(cc4OC)C(=O)N4CCC[C@H]4C=N5)cn3C)cn2C)CN1C. The van der Waals surface area contributed by atoms with Crippen LogP contribution in [-0.2, 0) is 33.2 Å². The number of aryl methyl sites for hydroxylation is 2. The lowest BCUT2D eigenvalue weighted by Gasteiger charge is -2.20. The molecule has 1 fully saturated rings. The predicted octanol–water partition coefficient (Wildman–Crippen LogP) is 1.92. The minimum atomic E-state index is -0.945. The number of anilines is 2. The van der Waals surface area contributed by atoms with Gasteiger partial charge in [0.2, 0.25) is 29.6 Å². The first kappa shape index (κ1) is 36.5. The normalized spacial score (nSPS) is 17.5. The summed E-state index contributed by atoms with van der Waals surface area (Å²) in [5, 5.41) is 5.27. The van der Waals surface area contributed by atoms with Crippen LogP contribution < -0.4 is 20.1 Å². The second-order valence-corrected chi connectivity index (χ2v) is 12.5. The van der Waals surface area contributed by atoms with E-state index in [1.54, 1.807) is 46.4 Å². The van der Waals surface area contributed by atoms with Crippen LogP contribution in [0.2, 0.25) is 0 Å². The fraction of sp³-hybridized carbons (Fsp3) is 0.441. The summed E-state index contributed by atoms with van der Waals surface area (Å²) >= 11 is 0. The second-order valence-electron chi connectivity index (χ2n) is 12.5. The summed E-state index contributed by atoms with van der Waals surface area (Å²) in [4.78, 5) is 84.2. The molecule has 53 heavy (non-hydrogen) atoms. The summed E-state index contributed by atoms with van der Waals surface area (Å²) in [7, 11) is 6.26. The van der Waals surface area contributed by atoms with Crippen LogP contribution in [0.25, 0.3) is 0 Å². The van der Waals surface area contributed by atoms with Gasteiger partial charge in [-0.15, -0.1) is 0 Å². The van der Waals surface area contributed by atoms with Gasteiger partial charge in [0.15, 0.2) is 23.1 Å². The number of likely N-dealkylation sites (N-methyl/N-ethyl adjacent to an activating group) is 1. The van der Waals surface area contributed by atoms with E-state index >= 15 is 0 Å². The Bertz CT molecular complexity index is 2000. The lowest BCUT2D eigenvalue weighted by Crippen LogP contribution is -2.35. The number of nitrogens with one attached hydrogen (secondary N) is 2. The van der Waals surface area contributed by atoms with Crippen LogP contribution in [0.1, 0.15) is 64.2 Å². The van der Waals surface area contributed by atoms with Crippen LogP contribution in [0, 0.1) is 0 Å². The number of carbonyl (C=O) groups excluding carboxylic acids is 5. The number of nitrogens with zero attached hydrogens (tertiary/aromatic N) is 8. The van der Waals surface area contributed by atoms with E-state index in [0.29, 0.717) is 35.7 Å². The Morgan fingerprint density at radius 1 is 0.962 bits per heavy atom.